The van der Waals surface area contributed by atoms with E-state index in [2.05, 4.69) is 21.5 Å². The molecule has 0 amide bonds. The number of aromatic hydroxyl groups is 1. The van der Waals surface area contributed by atoms with Crippen molar-refractivity contribution in [3.05, 3.63) is 59.4 Å². The molecule has 3 N–H and O–H groups in total. The molecule has 7 heteroatoms. The van der Waals surface area contributed by atoms with Crippen LogP contribution in [0.1, 0.15) is 36.3 Å². The highest BCUT2D eigenvalue weighted by atomic mass is 16.3. The molecule has 0 fully saturated rings. The van der Waals surface area contributed by atoms with Crippen LogP contribution in [0.3, 0.4) is 0 Å². The molecular weight excluding hydrogens is 342 g/mol. The van der Waals surface area contributed by atoms with Gasteiger partial charge in [-0.1, -0.05) is 13.0 Å². The fourth-order valence-corrected chi connectivity index (χ4v) is 2.82. The van der Waals surface area contributed by atoms with Crippen LogP contribution in [0, 0.1) is 18.3 Å². The van der Waals surface area contributed by atoms with Crippen LogP contribution in [0.25, 0.3) is 16.9 Å². The van der Waals surface area contributed by atoms with E-state index < -0.39 is 6.23 Å². The van der Waals surface area contributed by atoms with Crippen molar-refractivity contribution >= 4 is 0 Å². The number of aliphatic hydroxyl groups excluding tert-OH is 1. The lowest BCUT2D eigenvalue weighted by Gasteiger charge is -2.12. The standard InChI is InChI=1S/C20H21N5O2/c1-3-8-22-19(26)15-5-7-18(23-11-15)25-20(27)17(12-24-25)16-6-4-14(10-21)9-13(16)2/h4-7,9,11-12,19,22,26-27H,3,8H2,1-2H3. The van der Waals surface area contributed by atoms with E-state index in [4.69, 9.17) is 5.26 Å². The second-order valence-electron chi connectivity index (χ2n) is 6.24. The summed E-state index contributed by atoms with van der Waals surface area (Å²) in [5.41, 5.74) is 3.44. The number of benzene rings is 1. The first kappa shape index (κ1) is 18.6. The number of nitrogens with zero attached hydrogens (tertiary/aromatic N) is 4. The summed E-state index contributed by atoms with van der Waals surface area (Å²) in [6.07, 6.45) is 3.25. The van der Waals surface area contributed by atoms with Gasteiger partial charge in [-0.25, -0.2) is 4.98 Å². The molecule has 3 aromatic rings. The van der Waals surface area contributed by atoms with Crippen LogP contribution in [-0.2, 0) is 0 Å². The van der Waals surface area contributed by atoms with Gasteiger partial charge in [0, 0.05) is 11.8 Å². The third-order valence-electron chi connectivity index (χ3n) is 4.28. The smallest absolute Gasteiger partial charge is 0.223 e. The molecular formula is C20H21N5O2. The van der Waals surface area contributed by atoms with Gasteiger partial charge in [-0.3, -0.25) is 5.32 Å². The molecule has 0 saturated heterocycles. The van der Waals surface area contributed by atoms with Gasteiger partial charge < -0.3 is 10.2 Å². The maximum absolute atomic E-state index is 10.6. The molecule has 0 aliphatic carbocycles. The quantitative estimate of drug-likeness (QED) is 0.581. The van der Waals surface area contributed by atoms with Gasteiger partial charge in [0.2, 0.25) is 5.88 Å². The zero-order valence-corrected chi connectivity index (χ0v) is 15.2. The Morgan fingerprint density at radius 1 is 1.22 bits per heavy atom. The van der Waals surface area contributed by atoms with E-state index in [9.17, 15) is 10.2 Å². The summed E-state index contributed by atoms with van der Waals surface area (Å²) in [6.45, 7) is 4.61. The third-order valence-corrected chi connectivity index (χ3v) is 4.28. The van der Waals surface area contributed by atoms with Crippen molar-refractivity contribution in [2.24, 2.45) is 0 Å². The predicted molar refractivity (Wildman–Crippen MR) is 101 cm³/mol. The van der Waals surface area contributed by atoms with Crippen molar-refractivity contribution in [2.45, 2.75) is 26.5 Å². The summed E-state index contributed by atoms with van der Waals surface area (Å²) in [5.74, 6) is 0.407. The topological polar surface area (TPSA) is 107 Å². The Morgan fingerprint density at radius 3 is 2.67 bits per heavy atom. The number of hydrogen-bond acceptors (Lipinski definition) is 6. The van der Waals surface area contributed by atoms with E-state index in [1.807, 2.05) is 13.8 Å². The van der Waals surface area contributed by atoms with Crippen molar-refractivity contribution in [3.63, 3.8) is 0 Å². The highest BCUT2D eigenvalue weighted by molar-refractivity contribution is 5.72. The van der Waals surface area contributed by atoms with Crippen molar-refractivity contribution in [3.8, 4) is 28.9 Å². The first-order chi connectivity index (χ1) is 13.0. The minimum absolute atomic E-state index is 0.0345. The number of pyridine rings is 1. The van der Waals surface area contributed by atoms with Gasteiger partial charge in [-0.05, 0) is 55.3 Å². The number of aryl methyl sites for hydroxylation is 1. The van der Waals surface area contributed by atoms with Crippen LogP contribution in [-0.4, -0.2) is 31.5 Å². The second-order valence-corrected chi connectivity index (χ2v) is 6.24. The predicted octanol–water partition coefficient (Wildman–Crippen LogP) is 2.81. The zero-order chi connectivity index (χ0) is 19.4. The molecule has 0 spiro atoms. The van der Waals surface area contributed by atoms with Crippen LogP contribution in [0.4, 0.5) is 0 Å². The Morgan fingerprint density at radius 2 is 2.04 bits per heavy atom. The molecule has 138 valence electrons. The minimum Gasteiger partial charge on any atom is -0.493 e. The van der Waals surface area contributed by atoms with Gasteiger partial charge in [0.25, 0.3) is 0 Å². The molecule has 0 bridgehead atoms. The second kappa shape index (κ2) is 7.99. The Labute approximate surface area is 157 Å². The summed E-state index contributed by atoms with van der Waals surface area (Å²) in [4.78, 5) is 4.29. The van der Waals surface area contributed by atoms with E-state index >= 15 is 0 Å². The summed E-state index contributed by atoms with van der Waals surface area (Å²) in [7, 11) is 0. The van der Waals surface area contributed by atoms with Crippen LogP contribution >= 0.6 is 0 Å². The molecule has 0 aliphatic heterocycles. The number of rotatable bonds is 6. The lowest BCUT2D eigenvalue weighted by Crippen LogP contribution is -2.21. The van der Waals surface area contributed by atoms with E-state index in [1.165, 1.54) is 4.68 Å². The van der Waals surface area contributed by atoms with Crippen LogP contribution < -0.4 is 5.32 Å². The Balaban J connectivity index is 1.88. The normalized spacial score (nSPS) is 11.9. The van der Waals surface area contributed by atoms with E-state index in [0.29, 0.717) is 29.1 Å². The summed E-state index contributed by atoms with van der Waals surface area (Å²) in [6, 6.07) is 10.8. The highest BCUT2D eigenvalue weighted by Crippen LogP contribution is 2.33. The largest absolute Gasteiger partial charge is 0.493 e. The van der Waals surface area contributed by atoms with E-state index in [-0.39, 0.29) is 5.88 Å². The van der Waals surface area contributed by atoms with E-state index in [0.717, 1.165) is 17.5 Å². The van der Waals surface area contributed by atoms with Gasteiger partial charge in [0.05, 0.1) is 23.4 Å². The maximum Gasteiger partial charge on any atom is 0.223 e. The molecule has 2 aromatic heterocycles. The summed E-state index contributed by atoms with van der Waals surface area (Å²) < 4.78 is 1.34. The number of nitrogens with one attached hydrogen (secondary N) is 1. The molecule has 0 radical (unpaired) electrons. The van der Waals surface area contributed by atoms with Crippen LogP contribution in [0.15, 0.2) is 42.7 Å². The molecule has 7 nitrogen and oxygen atoms in total. The van der Waals surface area contributed by atoms with Crippen molar-refractivity contribution in [1.29, 1.82) is 5.26 Å². The van der Waals surface area contributed by atoms with Gasteiger partial charge in [-0.2, -0.15) is 15.0 Å². The molecule has 1 atom stereocenters. The molecule has 1 aromatic carbocycles. The minimum atomic E-state index is -0.783. The average Bonchev–Trinajstić information content (AvgIpc) is 3.07. The van der Waals surface area contributed by atoms with Gasteiger partial charge >= 0.3 is 0 Å². The van der Waals surface area contributed by atoms with Crippen LogP contribution in [0.2, 0.25) is 0 Å². The van der Waals surface area contributed by atoms with Crippen molar-refractivity contribution in [2.75, 3.05) is 6.54 Å². The molecule has 0 aliphatic rings. The number of nitriles is 1. The fraction of sp³-hybridized carbons (Fsp3) is 0.250. The van der Waals surface area contributed by atoms with Crippen LogP contribution in [0.5, 0.6) is 5.88 Å². The molecule has 2 heterocycles. The van der Waals surface area contributed by atoms with E-state index in [1.54, 1.807) is 42.7 Å². The molecule has 27 heavy (non-hydrogen) atoms. The summed E-state index contributed by atoms with van der Waals surface area (Å²) in [5, 5.41) is 36.9. The summed E-state index contributed by atoms with van der Waals surface area (Å²) >= 11 is 0. The number of hydrogen-bond donors (Lipinski definition) is 3. The monoisotopic (exact) mass is 363 g/mol. The third kappa shape index (κ3) is 3.82. The van der Waals surface area contributed by atoms with Crippen molar-refractivity contribution < 1.29 is 10.2 Å². The number of aromatic nitrogens is 3. The first-order valence-electron chi connectivity index (χ1n) is 8.71. The zero-order valence-electron chi connectivity index (χ0n) is 15.2. The molecule has 0 saturated carbocycles. The van der Waals surface area contributed by atoms with Gasteiger partial charge in [-0.15, -0.1) is 0 Å². The van der Waals surface area contributed by atoms with Gasteiger partial charge in [0.15, 0.2) is 5.82 Å². The Bertz CT molecular complexity index is 973. The highest BCUT2D eigenvalue weighted by Gasteiger charge is 2.16. The average molecular weight is 363 g/mol. The Kier molecular flexibility index (Phi) is 5.50. The molecule has 3 rings (SSSR count). The van der Waals surface area contributed by atoms with Crippen molar-refractivity contribution in [1.82, 2.24) is 20.1 Å². The lowest BCUT2D eigenvalue weighted by atomic mass is 10.0. The van der Waals surface area contributed by atoms with Gasteiger partial charge in [0.1, 0.15) is 6.23 Å². The molecule has 1 unspecified atom stereocenters. The lowest BCUT2D eigenvalue weighted by molar-refractivity contribution is 0.139. The maximum atomic E-state index is 10.6. The fourth-order valence-electron chi connectivity index (χ4n) is 2.82. The Hall–Kier alpha value is -3.21. The first-order valence-corrected chi connectivity index (χ1v) is 8.71. The SMILES string of the molecule is CCCNC(O)c1ccc(-n2ncc(-c3ccc(C#N)cc3C)c2O)nc1. The number of aliphatic hydroxyl groups is 1.